The molecule has 0 radical (unpaired) electrons. The second kappa shape index (κ2) is 4.87. The summed E-state index contributed by atoms with van der Waals surface area (Å²) >= 11 is 0. The van der Waals surface area contributed by atoms with Gasteiger partial charge in [0.15, 0.2) is 0 Å². The first kappa shape index (κ1) is 12.1. The van der Waals surface area contributed by atoms with Gasteiger partial charge in [-0.25, -0.2) is 9.78 Å². The lowest BCUT2D eigenvalue weighted by atomic mass is 10.0. The number of oxazole rings is 1. The normalized spacial score (nSPS) is 23.9. The molecule has 1 aliphatic rings. The first-order valence-corrected chi connectivity index (χ1v) is 5.89. The number of carbonyl (C=O) groups is 1. The molecule has 5 heteroatoms. The van der Waals surface area contributed by atoms with Crippen molar-refractivity contribution in [2.24, 2.45) is 0 Å². The fraction of sp³-hybridized carbons (Fsp3) is 0.667. The van der Waals surface area contributed by atoms with Crippen molar-refractivity contribution in [3.8, 4) is 0 Å². The van der Waals surface area contributed by atoms with E-state index in [1.165, 1.54) is 0 Å². The van der Waals surface area contributed by atoms with Crippen molar-refractivity contribution >= 4 is 5.97 Å². The van der Waals surface area contributed by atoms with E-state index in [0.717, 1.165) is 6.42 Å². The number of aryl methyl sites for hydroxylation is 1. The highest BCUT2D eigenvalue weighted by molar-refractivity contribution is 5.87. The second-order valence-electron chi connectivity index (χ2n) is 4.16. The predicted molar refractivity (Wildman–Crippen MR) is 60.0 cm³/mol. The molecule has 0 bridgehead atoms. The molecule has 1 aromatic heterocycles. The highest BCUT2D eigenvalue weighted by atomic mass is 16.5. The minimum atomic E-state index is -0.449. The van der Waals surface area contributed by atoms with Crippen molar-refractivity contribution in [2.75, 3.05) is 13.2 Å². The Hall–Kier alpha value is -1.36. The molecule has 17 heavy (non-hydrogen) atoms. The molecule has 0 aliphatic carbocycles. The number of hydrogen-bond acceptors (Lipinski definition) is 5. The van der Waals surface area contributed by atoms with Crippen molar-refractivity contribution in [1.29, 1.82) is 0 Å². The summed E-state index contributed by atoms with van der Waals surface area (Å²) in [6, 6.07) is 0. The van der Waals surface area contributed by atoms with E-state index in [2.05, 4.69) is 4.98 Å². The fourth-order valence-corrected chi connectivity index (χ4v) is 2.02. The Kier molecular flexibility index (Phi) is 3.47. The Labute approximate surface area is 100 Å². The zero-order valence-corrected chi connectivity index (χ0v) is 10.4. The topological polar surface area (TPSA) is 61.6 Å². The lowest BCUT2D eigenvalue weighted by molar-refractivity contribution is 0.0484. The number of hydrogen-bond donors (Lipinski definition) is 0. The van der Waals surface area contributed by atoms with Crippen LogP contribution in [0.5, 0.6) is 0 Å². The highest BCUT2D eigenvalue weighted by Gasteiger charge is 2.31. The van der Waals surface area contributed by atoms with Crippen LogP contribution in [0, 0.1) is 6.92 Å². The zero-order valence-electron chi connectivity index (χ0n) is 10.4. The maximum atomic E-state index is 11.6. The summed E-state index contributed by atoms with van der Waals surface area (Å²) in [5.41, 5.74) is 0.581. The Morgan fingerprint density at radius 2 is 2.35 bits per heavy atom. The molecular weight excluding hydrogens is 222 g/mol. The molecule has 0 N–H and O–H groups in total. The number of nitrogens with zero attached hydrogens (tertiary/aromatic N) is 1. The molecule has 94 valence electrons. The third-order valence-corrected chi connectivity index (χ3v) is 2.97. The molecule has 2 rings (SSSR count). The lowest BCUT2D eigenvalue weighted by Gasteiger charge is -2.08. The monoisotopic (exact) mass is 239 g/mol. The lowest BCUT2D eigenvalue weighted by Crippen LogP contribution is -2.09. The van der Waals surface area contributed by atoms with Crippen LogP contribution in [0.1, 0.15) is 48.3 Å². The summed E-state index contributed by atoms with van der Waals surface area (Å²) in [5.74, 6) is 0.476. The standard InChI is InChI=1S/C12H17NO4/c1-4-15-12(14)10-7(2)13-11(17-10)9-5-6-16-8(9)3/h8-9H,4-6H2,1-3H3. The largest absolute Gasteiger partial charge is 0.460 e. The molecule has 0 aromatic carbocycles. The number of esters is 1. The summed E-state index contributed by atoms with van der Waals surface area (Å²) in [7, 11) is 0. The molecule has 1 fully saturated rings. The van der Waals surface area contributed by atoms with E-state index in [4.69, 9.17) is 13.9 Å². The van der Waals surface area contributed by atoms with Gasteiger partial charge in [-0.1, -0.05) is 0 Å². The highest BCUT2D eigenvalue weighted by Crippen LogP contribution is 2.31. The number of rotatable bonds is 3. The van der Waals surface area contributed by atoms with Crippen LogP contribution in [0.25, 0.3) is 0 Å². The molecule has 1 saturated heterocycles. The van der Waals surface area contributed by atoms with Gasteiger partial charge in [-0.2, -0.15) is 0 Å². The van der Waals surface area contributed by atoms with Crippen LogP contribution >= 0.6 is 0 Å². The van der Waals surface area contributed by atoms with Crippen LogP contribution < -0.4 is 0 Å². The van der Waals surface area contributed by atoms with Gasteiger partial charge in [0, 0.05) is 6.61 Å². The van der Waals surface area contributed by atoms with Crippen molar-refractivity contribution in [3.63, 3.8) is 0 Å². The van der Waals surface area contributed by atoms with Gasteiger partial charge in [0.25, 0.3) is 0 Å². The Morgan fingerprint density at radius 3 is 2.94 bits per heavy atom. The van der Waals surface area contributed by atoms with Crippen LogP contribution in [0.3, 0.4) is 0 Å². The molecular formula is C12H17NO4. The van der Waals surface area contributed by atoms with Crippen LogP contribution in [-0.2, 0) is 9.47 Å². The van der Waals surface area contributed by atoms with E-state index in [-0.39, 0.29) is 17.8 Å². The molecule has 5 nitrogen and oxygen atoms in total. The van der Waals surface area contributed by atoms with Gasteiger partial charge >= 0.3 is 5.97 Å². The molecule has 0 saturated carbocycles. The summed E-state index contributed by atoms with van der Waals surface area (Å²) in [6.45, 7) is 6.54. The maximum absolute atomic E-state index is 11.6. The molecule has 1 aromatic rings. The first-order valence-electron chi connectivity index (χ1n) is 5.89. The zero-order chi connectivity index (χ0) is 12.4. The molecule has 2 atom stereocenters. The van der Waals surface area contributed by atoms with Gasteiger partial charge in [-0.05, 0) is 27.2 Å². The van der Waals surface area contributed by atoms with Gasteiger partial charge in [-0.3, -0.25) is 0 Å². The molecule has 2 heterocycles. The minimum Gasteiger partial charge on any atom is -0.460 e. The summed E-state index contributed by atoms with van der Waals surface area (Å²) in [6.07, 6.45) is 0.965. The van der Waals surface area contributed by atoms with Crippen molar-refractivity contribution in [1.82, 2.24) is 4.98 Å². The van der Waals surface area contributed by atoms with Gasteiger partial charge in [0.05, 0.1) is 24.3 Å². The van der Waals surface area contributed by atoms with Crippen molar-refractivity contribution in [3.05, 3.63) is 17.3 Å². The maximum Gasteiger partial charge on any atom is 0.376 e. The van der Waals surface area contributed by atoms with Gasteiger partial charge < -0.3 is 13.9 Å². The van der Waals surface area contributed by atoms with E-state index in [9.17, 15) is 4.79 Å². The number of ether oxygens (including phenoxy) is 2. The molecule has 0 amide bonds. The minimum absolute atomic E-state index is 0.0862. The molecule has 0 spiro atoms. The quantitative estimate of drug-likeness (QED) is 0.755. The third-order valence-electron chi connectivity index (χ3n) is 2.97. The van der Waals surface area contributed by atoms with Crippen molar-refractivity contribution < 1.29 is 18.7 Å². The summed E-state index contributed by atoms with van der Waals surface area (Å²) < 4.78 is 15.9. The molecule has 1 aliphatic heterocycles. The van der Waals surface area contributed by atoms with Crippen LogP contribution in [0.4, 0.5) is 0 Å². The van der Waals surface area contributed by atoms with E-state index in [1.807, 2.05) is 6.92 Å². The average Bonchev–Trinajstić information content (AvgIpc) is 2.84. The molecule has 2 unspecified atom stereocenters. The SMILES string of the molecule is CCOC(=O)c1oc(C2CCOC2C)nc1C. The Balaban J connectivity index is 2.21. The van der Waals surface area contributed by atoms with Crippen molar-refractivity contribution in [2.45, 2.75) is 39.2 Å². The number of aromatic nitrogens is 1. The number of carbonyl (C=O) groups excluding carboxylic acids is 1. The van der Waals surface area contributed by atoms with E-state index in [1.54, 1.807) is 13.8 Å². The second-order valence-corrected chi connectivity index (χ2v) is 4.16. The van der Waals surface area contributed by atoms with Gasteiger partial charge in [-0.15, -0.1) is 0 Å². The van der Waals surface area contributed by atoms with Gasteiger partial charge in [0.1, 0.15) is 0 Å². The average molecular weight is 239 g/mol. The Bertz CT molecular complexity index is 413. The first-order chi connectivity index (χ1) is 8.13. The smallest absolute Gasteiger partial charge is 0.376 e. The van der Waals surface area contributed by atoms with E-state index >= 15 is 0 Å². The summed E-state index contributed by atoms with van der Waals surface area (Å²) in [4.78, 5) is 15.9. The third kappa shape index (κ3) is 2.34. The van der Waals surface area contributed by atoms with Gasteiger partial charge in [0.2, 0.25) is 11.7 Å². The van der Waals surface area contributed by atoms with E-state index in [0.29, 0.717) is 24.8 Å². The van der Waals surface area contributed by atoms with E-state index < -0.39 is 5.97 Å². The van der Waals surface area contributed by atoms with Crippen LogP contribution in [-0.4, -0.2) is 30.3 Å². The Morgan fingerprint density at radius 1 is 1.59 bits per heavy atom. The fourth-order valence-electron chi connectivity index (χ4n) is 2.02. The van der Waals surface area contributed by atoms with Crippen LogP contribution in [0.2, 0.25) is 0 Å². The van der Waals surface area contributed by atoms with Crippen LogP contribution in [0.15, 0.2) is 4.42 Å². The predicted octanol–water partition coefficient (Wildman–Crippen LogP) is 2.05. The summed E-state index contributed by atoms with van der Waals surface area (Å²) in [5, 5.41) is 0.